The highest BCUT2D eigenvalue weighted by atomic mass is 16.3. The third kappa shape index (κ3) is 2.29. The van der Waals surface area contributed by atoms with Crippen molar-refractivity contribution in [3.8, 4) is 0 Å². The summed E-state index contributed by atoms with van der Waals surface area (Å²) in [5, 5.41) is 18.4. The molecule has 0 amide bonds. The van der Waals surface area contributed by atoms with Gasteiger partial charge in [-0.3, -0.25) is 0 Å². The van der Waals surface area contributed by atoms with Crippen LogP contribution in [0.3, 0.4) is 0 Å². The second-order valence-corrected chi connectivity index (χ2v) is 3.33. The molecule has 2 N–H and O–H groups in total. The van der Waals surface area contributed by atoms with Crippen LogP contribution in [0, 0.1) is 13.8 Å². The van der Waals surface area contributed by atoms with E-state index in [2.05, 4.69) is 0 Å². The van der Waals surface area contributed by atoms with E-state index in [-0.39, 0.29) is 6.61 Å². The summed E-state index contributed by atoms with van der Waals surface area (Å²) >= 11 is 0. The Morgan fingerprint density at radius 1 is 1.23 bits per heavy atom. The van der Waals surface area contributed by atoms with E-state index in [0.717, 1.165) is 16.7 Å². The van der Waals surface area contributed by atoms with Crippen LogP contribution in [0.25, 0.3) is 0 Å². The maximum Gasteiger partial charge on any atom is 0.0817 e. The van der Waals surface area contributed by atoms with E-state index in [1.165, 1.54) is 0 Å². The zero-order chi connectivity index (χ0) is 9.84. The molecule has 1 aromatic carbocycles. The first kappa shape index (κ1) is 10.2. The second-order valence-electron chi connectivity index (χ2n) is 3.33. The fourth-order valence-corrected chi connectivity index (χ4v) is 1.62. The van der Waals surface area contributed by atoms with Crippen molar-refractivity contribution in [3.05, 3.63) is 34.9 Å². The number of aliphatic hydroxyl groups is 2. The topological polar surface area (TPSA) is 40.5 Å². The summed E-state index contributed by atoms with van der Waals surface area (Å²) in [4.78, 5) is 0. The third-order valence-corrected chi connectivity index (χ3v) is 2.28. The van der Waals surface area contributed by atoms with Gasteiger partial charge in [0.1, 0.15) is 0 Å². The fourth-order valence-electron chi connectivity index (χ4n) is 1.62. The highest BCUT2D eigenvalue weighted by Crippen LogP contribution is 2.23. The summed E-state index contributed by atoms with van der Waals surface area (Å²) in [7, 11) is 0. The van der Waals surface area contributed by atoms with Crippen LogP contribution >= 0.6 is 0 Å². The van der Waals surface area contributed by atoms with Gasteiger partial charge in [0.2, 0.25) is 0 Å². The molecular weight excluding hydrogens is 164 g/mol. The average molecular weight is 180 g/mol. The number of aliphatic hydroxyl groups excluding tert-OH is 2. The van der Waals surface area contributed by atoms with Crippen molar-refractivity contribution in [1.82, 2.24) is 0 Å². The summed E-state index contributed by atoms with van der Waals surface area (Å²) in [5.41, 5.74) is 3.12. The number of benzene rings is 1. The van der Waals surface area contributed by atoms with Crippen LogP contribution in [0.15, 0.2) is 18.2 Å². The van der Waals surface area contributed by atoms with Gasteiger partial charge in [0, 0.05) is 13.0 Å². The van der Waals surface area contributed by atoms with Gasteiger partial charge in [-0.1, -0.05) is 18.2 Å². The molecule has 0 heterocycles. The van der Waals surface area contributed by atoms with Crippen LogP contribution in [0.5, 0.6) is 0 Å². The molecule has 0 aliphatic rings. The Morgan fingerprint density at radius 3 is 2.23 bits per heavy atom. The molecule has 0 fully saturated rings. The molecule has 0 radical (unpaired) electrons. The summed E-state index contributed by atoms with van der Waals surface area (Å²) in [6, 6.07) is 5.92. The first-order valence-electron chi connectivity index (χ1n) is 4.52. The summed E-state index contributed by atoms with van der Waals surface area (Å²) < 4.78 is 0. The maximum atomic E-state index is 9.72. The molecule has 13 heavy (non-hydrogen) atoms. The monoisotopic (exact) mass is 180 g/mol. The molecule has 0 saturated carbocycles. The molecular formula is C11H16O2. The Labute approximate surface area is 78.8 Å². The molecule has 0 aliphatic heterocycles. The SMILES string of the molecule is Cc1cccc(C)c1C(O)CCO. The van der Waals surface area contributed by atoms with Crippen LogP contribution in [0.4, 0.5) is 0 Å². The van der Waals surface area contributed by atoms with Gasteiger partial charge in [-0.25, -0.2) is 0 Å². The minimum atomic E-state index is -0.536. The molecule has 1 unspecified atom stereocenters. The van der Waals surface area contributed by atoms with Crippen molar-refractivity contribution in [2.75, 3.05) is 6.61 Å². The second kappa shape index (κ2) is 4.40. The molecule has 0 aliphatic carbocycles. The quantitative estimate of drug-likeness (QED) is 0.743. The fraction of sp³-hybridized carbons (Fsp3) is 0.455. The van der Waals surface area contributed by atoms with E-state index in [1.54, 1.807) is 0 Å². The molecule has 1 atom stereocenters. The van der Waals surface area contributed by atoms with Gasteiger partial charge in [-0.15, -0.1) is 0 Å². The van der Waals surface area contributed by atoms with E-state index in [4.69, 9.17) is 5.11 Å². The Bertz CT molecular complexity index is 261. The predicted octanol–water partition coefficient (Wildman–Crippen LogP) is 1.72. The molecule has 0 saturated heterocycles. The number of aryl methyl sites for hydroxylation is 2. The van der Waals surface area contributed by atoms with Crippen LogP contribution in [0.2, 0.25) is 0 Å². The van der Waals surface area contributed by atoms with Gasteiger partial charge in [-0.2, -0.15) is 0 Å². The minimum Gasteiger partial charge on any atom is -0.396 e. The molecule has 72 valence electrons. The molecule has 0 spiro atoms. The Kier molecular flexibility index (Phi) is 3.46. The molecule has 2 nitrogen and oxygen atoms in total. The smallest absolute Gasteiger partial charge is 0.0817 e. The van der Waals surface area contributed by atoms with Crippen LogP contribution in [-0.4, -0.2) is 16.8 Å². The molecule has 1 aromatic rings. The Hall–Kier alpha value is -0.860. The van der Waals surface area contributed by atoms with Crippen molar-refractivity contribution in [2.45, 2.75) is 26.4 Å². The number of hydrogen-bond donors (Lipinski definition) is 2. The number of rotatable bonds is 3. The van der Waals surface area contributed by atoms with Crippen molar-refractivity contribution < 1.29 is 10.2 Å². The van der Waals surface area contributed by atoms with Crippen LogP contribution < -0.4 is 0 Å². The zero-order valence-electron chi connectivity index (χ0n) is 8.12. The highest BCUT2D eigenvalue weighted by molar-refractivity contribution is 5.35. The lowest BCUT2D eigenvalue weighted by Crippen LogP contribution is -2.04. The molecule has 2 heteroatoms. The summed E-state index contributed by atoms with van der Waals surface area (Å²) in [6.07, 6.45) is -0.128. The van der Waals surface area contributed by atoms with Crippen molar-refractivity contribution in [1.29, 1.82) is 0 Å². The number of hydrogen-bond acceptors (Lipinski definition) is 2. The van der Waals surface area contributed by atoms with Crippen LogP contribution in [0.1, 0.15) is 29.2 Å². The normalized spacial score (nSPS) is 12.9. The van der Waals surface area contributed by atoms with Gasteiger partial charge < -0.3 is 10.2 Å². The molecule has 0 aromatic heterocycles. The highest BCUT2D eigenvalue weighted by Gasteiger charge is 2.11. The standard InChI is InChI=1S/C11H16O2/c1-8-4-3-5-9(2)11(8)10(13)6-7-12/h3-5,10,12-13H,6-7H2,1-2H3. The van der Waals surface area contributed by atoms with Gasteiger partial charge in [0.25, 0.3) is 0 Å². The van der Waals surface area contributed by atoms with Crippen LogP contribution in [-0.2, 0) is 0 Å². The van der Waals surface area contributed by atoms with Crippen molar-refractivity contribution in [2.24, 2.45) is 0 Å². The Balaban J connectivity index is 2.98. The molecule has 0 bridgehead atoms. The third-order valence-electron chi connectivity index (χ3n) is 2.28. The molecule has 1 rings (SSSR count). The largest absolute Gasteiger partial charge is 0.396 e. The lowest BCUT2D eigenvalue weighted by atomic mass is 9.96. The van der Waals surface area contributed by atoms with E-state index in [0.29, 0.717) is 6.42 Å². The first-order chi connectivity index (χ1) is 6.16. The summed E-state index contributed by atoms with van der Waals surface area (Å²) in [5.74, 6) is 0. The average Bonchev–Trinajstić information content (AvgIpc) is 2.04. The Morgan fingerprint density at radius 2 is 1.77 bits per heavy atom. The van der Waals surface area contributed by atoms with Gasteiger partial charge >= 0.3 is 0 Å². The predicted molar refractivity (Wildman–Crippen MR) is 52.6 cm³/mol. The minimum absolute atomic E-state index is 0.0228. The zero-order valence-corrected chi connectivity index (χ0v) is 8.12. The summed E-state index contributed by atoms with van der Waals surface area (Å²) in [6.45, 7) is 3.97. The first-order valence-corrected chi connectivity index (χ1v) is 4.52. The van der Waals surface area contributed by atoms with Gasteiger partial charge in [0.15, 0.2) is 0 Å². The van der Waals surface area contributed by atoms with Crippen molar-refractivity contribution in [3.63, 3.8) is 0 Å². The van der Waals surface area contributed by atoms with Crippen molar-refractivity contribution >= 4 is 0 Å². The van der Waals surface area contributed by atoms with Gasteiger partial charge in [-0.05, 0) is 30.5 Å². The van der Waals surface area contributed by atoms with E-state index >= 15 is 0 Å². The maximum absolute atomic E-state index is 9.72. The lowest BCUT2D eigenvalue weighted by molar-refractivity contribution is 0.133. The van der Waals surface area contributed by atoms with E-state index in [9.17, 15) is 5.11 Å². The van der Waals surface area contributed by atoms with E-state index < -0.39 is 6.10 Å². The van der Waals surface area contributed by atoms with Gasteiger partial charge in [0.05, 0.1) is 6.10 Å². The lowest BCUT2D eigenvalue weighted by Gasteiger charge is -2.15. The van der Waals surface area contributed by atoms with E-state index in [1.807, 2.05) is 32.0 Å².